The van der Waals surface area contributed by atoms with Crippen molar-refractivity contribution in [3.63, 3.8) is 0 Å². The van der Waals surface area contributed by atoms with Gasteiger partial charge in [0.2, 0.25) is 15.9 Å². The van der Waals surface area contributed by atoms with E-state index >= 15 is 0 Å². The molecule has 1 aromatic carbocycles. The van der Waals surface area contributed by atoms with Crippen LogP contribution in [-0.4, -0.2) is 46.9 Å². The number of nitrogens with one attached hydrogen (secondary N) is 1. The van der Waals surface area contributed by atoms with Crippen LogP contribution in [0, 0.1) is 6.92 Å². The quantitative estimate of drug-likeness (QED) is 0.616. The summed E-state index contributed by atoms with van der Waals surface area (Å²) in [6.07, 6.45) is 2.73. The van der Waals surface area contributed by atoms with E-state index < -0.39 is 10.0 Å². The Kier molecular flexibility index (Phi) is 8.78. The molecule has 0 bridgehead atoms. The van der Waals surface area contributed by atoms with Crippen LogP contribution >= 0.6 is 0 Å². The highest BCUT2D eigenvalue weighted by molar-refractivity contribution is 7.92. The lowest BCUT2D eigenvalue weighted by molar-refractivity contribution is -0.121. The summed E-state index contributed by atoms with van der Waals surface area (Å²) < 4.78 is 30.7. The monoisotopic (exact) mass is 356 g/mol. The van der Waals surface area contributed by atoms with E-state index in [0.717, 1.165) is 12.0 Å². The Labute approximate surface area is 145 Å². The Balaban J connectivity index is 2.47. The van der Waals surface area contributed by atoms with Gasteiger partial charge in [-0.2, -0.15) is 0 Å². The molecule has 0 saturated heterocycles. The normalized spacial score (nSPS) is 11.3. The van der Waals surface area contributed by atoms with Gasteiger partial charge in [0, 0.05) is 32.7 Å². The molecule has 1 aromatic rings. The fourth-order valence-electron chi connectivity index (χ4n) is 2.33. The van der Waals surface area contributed by atoms with Crippen molar-refractivity contribution in [2.75, 3.05) is 36.9 Å². The van der Waals surface area contributed by atoms with Crippen LogP contribution < -0.4 is 9.62 Å². The molecule has 0 unspecified atom stereocenters. The highest BCUT2D eigenvalue weighted by atomic mass is 32.2. The molecule has 0 heterocycles. The second-order valence-corrected chi connectivity index (χ2v) is 7.53. The molecular formula is C17H28N2O4S. The topological polar surface area (TPSA) is 75.7 Å². The number of rotatable bonds is 11. The summed E-state index contributed by atoms with van der Waals surface area (Å²) in [5, 5.41) is 2.82. The number of amides is 1. The van der Waals surface area contributed by atoms with E-state index in [-0.39, 0.29) is 12.5 Å². The molecule has 0 fully saturated rings. The summed E-state index contributed by atoms with van der Waals surface area (Å²) in [5.41, 5.74) is 1.56. The van der Waals surface area contributed by atoms with E-state index in [0.29, 0.717) is 38.3 Å². The Morgan fingerprint density at radius 3 is 2.58 bits per heavy atom. The molecule has 0 aliphatic rings. The first-order valence-corrected chi connectivity index (χ1v) is 10.1. The fraction of sp³-hybridized carbons (Fsp3) is 0.588. The molecule has 136 valence electrons. The van der Waals surface area contributed by atoms with Crippen molar-refractivity contribution >= 4 is 21.6 Å². The summed E-state index contributed by atoms with van der Waals surface area (Å²) in [5.74, 6) is -0.0651. The number of carbonyl (C=O) groups is 1. The standard InChI is InChI=1S/C17H28N2O4S/c1-4-23-14-8-12-18-17(20)11-7-13-19(24(3,21)22)16-10-6-5-9-15(16)2/h5-6,9-10H,4,7-8,11-14H2,1-3H3,(H,18,20). The van der Waals surface area contributed by atoms with Gasteiger partial charge in [0.15, 0.2) is 0 Å². The molecule has 0 aliphatic carbocycles. The van der Waals surface area contributed by atoms with Gasteiger partial charge in [0.1, 0.15) is 0 Å². The van der Waals surface area contributed by atoms with Crippen LogP contribution in [-0.2, 0) is 19.6 Å². The minimum absolute atomic E-state index is 0.0651. The lowest BCUT2D eigenvalue weighted by atomic mass is 10.2. The Bertz CT molecular complexity index is 617. The molecule has 0 atom stereocenters. The number of para-hydroxylation sites is 1. The summed E-state index contributed by atoms with van der Waals surface area (Å²) in [6.45, 7) is 5.97. The molecule has 0 spiro atoms. The van der Waals surface area contributed by atoms with Crippen molar-refractivity contribution in [3.8, 4) is 0 Å². The largest absolute Gasteiger partial charge is 0.382 e. The number of aryl methyl sites for hydroxylation is 1. The highest BCUT2D eigenvalue weighted by Gasteiger charge is 2.18. The maximum absolute atomic E-state index is 12.0. The van der Waals surface area contributed by atoms with E-state index in [4.69, 9.17) is 4.74 Å². The van der Waals surface area contributed by atoms with E-state index in [1.807, 2.05) is 32.0 Å². The zero-order valence-corrected chi connectivity index (χ0v) is 15.6. The molecule has 0 aromatic heterocycles. The van der Waals surface area contributed by atoms with Crippen LogP contribution in [0.2, 0.25) is 0 Å². The third-order valence-corrected chi connectivity index (χ3v) is 4.72. The third kappa shape index (κ3) is 7.31. The predicted molar refractivity (Wildman–Crippen MR) is 96.7 cm³/mol. The molecule has 1 amide bonds. The van der Waals surface area contributed by atoms with Crippen LogP contribution in [0.4, 0.5) is 5.69 Å². The number of hydrogen-bond acceptors (Lipinski definition) is 4. The first-order valence-electron chi connectivity index (χ1n) is 8.24. The van der Waals surface area contributed by atoms with Crippen LogP contribution in [0.15, 0.2) is 24.3 Å². The van der Waals surface area contributed by atoms with E-state index in [9.17, 15) is 13.2 Å². The van der Waals surface area contributed by atoms with Crippen molar-refractivity contribution < 1.29 is 17.9 Å². The second kappa shape index (κ2) is 10.3. The molecule has 24 heavy (non-hydrogen) atoms. The van der Waals surface area contributed by atoms with Crippen LogP contribution in [0.25, 0.3) is 0 Å². The number of carbonyl (C=O) groups excluding carboxylic acids is 1. The number of hydrogen-bond donors (Lipinski definition) is 1. The minimum atomic E-state index is -3.38. The highest BCUT2D eigenvalue weighted by Crippen LogP contribution is 2.22. The van der Waals surface area contributed by atoms with E-state index in [1.54, 1.807) is 6.07 Å². The van der Waals surface area contributed by atoms with Gasteiger partial charge in [-0.3, -0.25) is 9.10 Å². The average Bonchev–Trinajstić information content (AvgIpc) is 2.51. The first kappa shape index (κ1) is 20.4. The molecular weight excluding hydrogens is 328 g/mol. The van der Waals surface area contributed by atoms with Gasteiger partial charge in [-0.1, -0.05) is 18.2 Å². The smallest absolute Gasteiger partial charge is 0.232 e. The zero-order chi connectivity index (χ0) is 18.0. The van der Waals surface area contributed by atoms with Crippen LogP contribution in [0.5, 0.6) is 0 Å². The molecule has 0 aliphatic heterocycles. The Hall–Kier alpha value is -1.60. The Morgan fingerprint density at radius 2 is 1.96 bits per heavy atom. The molecule has 0 saturated carbocycles. The van der Waals surface area contributed by atoms with Gasteiger partial charge < -0.3 is 10.1 Å². The molecule has 1 rings (SSSR count). The van der Waals surface area contributed by atoms with Crippen LogP contribution in [0.3, 0.4) is 0 Å². The van der Waals surface area contributed by atoms with Crippen molar-refractivity contribution in [2.24, 2.45) is 0 Å². The summed E-state index contributed by atoms with van der Waals surface area (Å²) >= 11 is 0. The number of sulfonamides is 1. The van der Waals surface area contributed by atoms with Gasteiger partial charge in [-0.25, -0.2) is 8.42 Å². The van der Waals surface area contributed by atoms with Gasteiger partial charge in [0.25, 0.3) is 0 Å². The van der Waals surface area contributed by atoms with Crippen molar-refractivity contribution in [3.05, 3.63) is 29.8 Å². The Morgan fingerprint density at radius 1 is 1.25 bits per heavy atom. The average molecular weight is 356 g/mol. The van der Waals surface area contributed by atoms with Gasteiger partial charge in [-0.15, -0.1) is 0 Å². The van der Waals surface area contributed by atoms with Crippen LogP contribution in [0.1, 0.15) is 31.7 Å². The maximum Gasteiger partial charge on any atom is 0.232 e. The van der Waals surface area contributed by atoms with Crippen molar-refractivity contribution in [1.82, 2.24) is 5.32 Å². The number of nitrogens with zero attached hydrogens (tertiary/aromatic N) is 1. The first-order chi connectivity index (χ1) is 11.4. The zero-order valence-electron chi connectivity index (χ0n) is 14.7. The number of ether oxygens (including phenoxy) is 1. The lowest BCUT2D eigenvalue weighted by Gasteiger charge is -2.24. The maximum atomic E-state index is 12.0. The SMILES string of the molecule is CCOCCCNC(=O)CCCN(c1ccccc1C)S(C)(=O)=O. The number of anilines is 1. The molecule has 7 heteroatoms. The number of benzene rings is 1. The molecule has 6 nitrogen and oxygen atoms in total. The van der Waals surface area contributed by atoms with Gasteiger partial charge >= 0.3 is 0 Å². The summed E-state index contributed by atoms with van der Waals surface area (Å²) in [7, 11) is -3.38. The van der Waals surface area contributed by atoms with E-state index in [1.165, 1.54) is 10.6 Å². The second-order valence-electron chi connectivity index (χ2n) is 5.63. The molecule has 1 N–H and O–H groups in total. The summed E-state index contributed by atoms with van der Waals surface area (Å²) in [6, 6.07) is 7.34. The van der Waals surface area contributed by atoms with Crippen molar-refractivity contribution in [2.45, 2.75) is 33.1 Å². The minimum Gasteiger partial charge on any atom is -0.382 e. The predicted octanol–water partition coefficient (Wildman–Crippen LogP) is 2.08. The third-order valence-electron chi connectivity index (χ3n) is 3.54. The summed E-state index contributed by atoms with van der Waals surface area (Å²) in [4.78, 5) is 11.8. The fourth-order valence-corrected chi connectivity index (χ4v) is 3.35. The van der Waals surface area contributed by atoms with Crippen molar-refractivity contribution in [1.29, 1.82) is 0 Å². The van der Waals surface area contributed by atoms with E-state index in [2.05, 4.69) is 5.32 Å². The molecule has 0 radical (unpaired) electrons. The lowest BCUT2D eigenvalue weighted by Crippen LogP contribution is -2.32. The van der Waals surface area contributed by atoms with Gasteiger partial charge in [0.05, 0.1) is 11.9 Å². The van der Waals surface area contributed by atoms with Gasteiger partial charge in [-0.05, 0) is 38.3 Å².